The minimum atomic E-state index is -0.276. The highest BCUT2D eigenvalue weighted by Gasteiger charge is 2.08. The van der Waals surface area contributed by atoms with Gasteiger partial charge in [0.1, 0.15) is 16.8 Å². The molecular weight excluding hydrogens is 251 g/mol. The first-order valence-electron chi connectivity index (χ1n) is 5.90. The van der Waals surface area contributed by atoms with Crippen LogP contribution in [0.25, 0.3) is 11.3 Å². The third kappa shape index (κ3) is 2.85. The number of rotatable bonds is 3. The van der Waals surface area contributed by atoms with Crippen molar-refractivity contribution >= 4 is 11.6 Å². The van der Waals surface area contributed by atoms with Gasteiger partial charge in [-0.05, 0) is 31.0 Å². The van der Waals surface area contributed by atoms with Gasteiger partial charge in [-0.15, -0.1) is 0 Å². The van der Waals surface area contributed by atoms with E-state index in [0.717, 1.165) is 24.0 Å². The SMILES string of the molecule is CCCc1nc(Cl)cc(-c2cc(F)ccc2C)n1. The Balaban J connectivity index is 2.52. The largest absolute Gasteiger partial charge is 0.233 e. The lowest BCUT2D eigenvalue weighted by atomic mass is 10.1. The van der Waals surface area contributed by atoms with Gasteiger partial charge < -0.3 is 0 Å². The van der Waals surface area contributed by atoms with E-state index < -0.39 is 0 Å². The van der Waals surface area contributed by atoms with E-state index in [1.165, 1.54) is 12.1 Å². The second-order valence-electron chi connectivity index (χ2n) is 4.20. The van der Waals surface area contributed by atoms with E-state index in [1.807, 2.05) is 6.92 Å². The molecule has 1 aromatic carbocycles. The summed E-state index contributed by atoms with van der Waals surface area (Å²) in [6, 6.07) is 6.32. The smallest absolute Gasteiger partial charge is 0.133 e. The normalized spacial score (nSPS) is 10.7. The maximum atomic E-state index is 13.3. The van der Waals surface area contributed by atoms with Crippen molar-refractivity contribution in [1.82, 2.24) is 9.97 Å². The summed E-state index contributed by atoms with van der Waals surface area (Å²) in [6.45, 7) is 3.97. The zero-order chi connectivity index (χ0) is 13.1. The fraction of sp³-hybridized carbons (Fsp3) is 0.286. The van der Waals surface area contributed by atoms with Crippen LogP contribution in [0, 0.1) is 12.7 Å². The van der Waals surface area contributed by atoms with Crippen molar-refractivity contribution in [2.75, 3.05) is 0 Å². The molecule has 18 heavy (non-hydrogen) atoms. The zero-order valence-electron chi connectivity index (χ0n) is 10.4. The van der Waals surface area contributed by atoms with E-state index in [1.54, 1.807) is 12.1 Å². The predicted molar refractivity (Wildman–Crippen MR) is 71.2 cm³/mol. The Kier molecular flexibility index (Phi) is 3.92. The fourth-order valence-electron chi connectivity index (χ4n) is 1.81. The molecule has 0 saturated heterocycles. The molecule has 0 radical (unpaired) electrons. The third-order valence-electron chi connectivity index (χ3n) is 2.69. The molecular formula is C14H14ClFN2. The van der Waals surface area contributed by atoms with Gasteiger partial charge in [0.15, 0.2) is 0 Å². The van der Waals surface area contributed by atoms with Crippen LogP contribution in [0.2, 0.25) is 5.15 Å². The van der Waals surface area contributed by atoms with Gasteiger partial charge in [-0.3, -0.25) is 0 Å². The Morgan fingerprint density at radius 2 is 2.00 bits per heavy atom. The zero-order valence-corrected chi connectivity index (χ0v) is 11.1. The molecule has 0 spiro atoms. The summed E-state index contributed by atoms with van der Waals surface area (Å²) in [5.74, 6) is 0.422. The summed E-state index contributed by atoms with van der Waals surface area (Å²) < 4.78 is 13.3. The molecule has 1 aromatic heterocycles. The Hall–Kier alpha value is -1.48. The molecule has 2 rings (SSSR count). The van der Waals surface area contributed by atoms with Gasteiger partial charge >= 0.3 is 0 Å². The molecule has 4 heteroatoms. The standard InChI is InChI=1S/C14H14ClFN2/c1-3-4-14-17-12(8-13(15)18-14)11-7-10(16)6-5-9(11)2/h5-8H,3-4H2,1-2H3. The van der Waals surface area contributed by atoms with Crippen molar-refractivity contribution in [3.8, 4) is 11.3 Å². The molecule has 2 aromatic rings. The molecule has 94 valence electrons. The predicted octanol–water partition coefficient (Wildman–Crippen LogP) is 4.20. The summed E-state index contributed by atoms with van der Waals surface area (Å²) in [4.78, 5) is 8.60. The molecule has 0 aliphatic heterocycles. The highest BCUT2D eigenvalue weighted by molar-refractivity contribution is 6.29. The first-order valence-corrected chi connectivity index (χ1v) is 6.28. The summed E-state index contributed by atoms with van der Waals surface area (Å²) >= 11 is 5.98. The molecule has 0 unspecified atom stereocenters. The van der Waals surface area contributed by atoms with Crippen molar-refractivity contribution in [3.05, 3.63) is 46.6 Å². The molecule has 2 nitrogen and oxygen atoms in total. The van der Waals surface area contributed by atoms with Crippen molar-refractivity contribution in [2.24, 2.45) is 0 Å². The Bertz CT molecular complexity index is 570. The molecule has 0 aliphatic rings. The fourth-order valence-corrected chi connectivity index (χ4v) is 2.01. The number of halogens is 2. The lowest BCUT2D eigenvalue weighted by Crippen LogP contribution is -1.98. The summed E-state index contributed by atoms with van der Waals surface area (Å²) in [5.41, 5.74) is 2.40. The number of hydrogen-bond acceptors (Lipinski definition) is 2. The molecule has 0 N–H and O–H groups in total. The van der Waals surface area contributed by atoms with E-state index >= 15 is 0 Å². The molecule has 1 heterocycles. The minimum absolute atomic E-state index is 0.276. The lowest BCUT2D eigenvalue weighted by molar-refractivity contribution is 0.628. The molecule has 0 atom stereocenters. The summed E-state index contributed by atoms with van der Waals surface area (Å²) in [5, 5.41) is 0.395. The van der Waals surface area contributed by atoms with Gasteiger partial charge in [-0.1, -0.05) is 24.6 Å². The number of aromatic nitrogens is 2. The van der Waals surface area contributed by atoms with Gasteiger partial charge in [-0.25, -0.2) is 14.4 Å². The van der Waals surface area contributed by atoms with Crippen LogP contribution in [0.3, 0.4) is 0 Å². The van der Waals surface area contributed by atoms with E-state index in [9.17, 15) is 4.39 Å². The molecule has 0 amide bonds. The monoisotopic (exact) mass is 264 g/mol. The first-order chi connectivity index (χ1) is 8.60. The van der Waals surface area contributed by atoms with Crippen LogP contribution in [-0.4, -0.2) is 9.97 Å². The van der Waals surface area contributed by atoms with E-state index in [-0.39, 0.29) is 5.82 Å². The van der Waals surface area contributed by atoms with E-state index in [4.69, 9.17) is 11.6 Å². The third-order valence-corrected chi connectivity index (χ3v) is 2.88. The van der Waals surface area contributed by atoms with Crippen molar-refractivity contribution in [2.45, 2.75) is 26.7 Å². The number of benzene rings is 1. The maximum absolute atomic E-state index is 13.3. The van der Waals surface area contributed by atoms with Crippen molar-refractivity contribution < 1.29 is 4.39 Å². The van der Waals surface area contributed by atoms with Crippen LogP contribution in [0.4, 0.5) is 4.39 Å². The quantitative estimate of drug-likeness (QED) is 0.777. The van der Waals surface area contributed by atoms with Crippen LogP contribution < -0.4 is 0 Å². The van der Waals surface area contributed by atoms with Crippen LogP contribution in [-0.2, 0) is 6.42 Å². The maximum Gasteiger partial charge on any atom is 0.133 e. The molecule has 0 saturated carbocycles. The van der Waals surface area contributed by atoms with Gasteiger partial charge in [-0.2, -0.15) is 0 Å². The van der Waals surface area contributed by atoms with Gasteiger partial charge in [0.2, 0.25) is 0 Å². The Morgan fingerprint density at radius 1 is 1.22 bits per heavy atom. The minimum Gasteiger partial charge on any atom is -0.233 e. The molecule has 0 aliphatic carbocycles. The molecule has 0 fully saturated rings. The van der Waals surface area contributed by atoms with Gasteiger partial charge in [0.05, 0.1) is 5.69 Å². The van der Waals surface area contributed by atoms with Crippen LogP contribution in [0.1, 0.15) is 24.7 Å². The van der Waals surface area contributed by atoms with Crippen molar-refractivity contribution in [1.29, 1.82) is 0 Å². The van der Waals surface area contributed by atoms with Gasteiger partial charge in [0, 0.05) is 18.1 Å². The van der Waals surface area contributed by atoms with Crippen molar-refractivity contribution in [3.63, 3.8) is 0 Å². The topological polar surface area (TPSA) is 25.8 Å². The number of hydrogen-bond donors (Lipinski definition) is 0. The Morgan fingerprint density at radius 3 is 2.72 bits per heavy atom. The Labute approximate surface area is 111 Å². The number of nitrogens with zero attached hydrogens (tertiary/aromatic N) is 2. The average Bonchev–Trinajstić information content (AvgIpc) is 2.32. The highest BCUT2D eigenvalue weighted by Crippen LogP contribution is 2.24. The van der Waals surface area contributed by atoms with Crippen LogP contribution >= 0.6 is 11.6 Å². The van der Waals surface area contributed by atoms with Crippen LogP contribution in [0.15, 0.2) is 24.3 Å². The number of aryl methyl sites for hydroxylation is 2. The van der Waals surface area contributed by atoms with E-state index in [0.29, 0.717) is 16.7 Å². The first kappa shape index (κ1) is 13.0. The second kappa shape index (κ2) is 5.44. The second-order valence-corrected chi connectivity index (χ2v) is 4.59. The summed E-state index contributed by atoms with van der Waals surface area (Å²) in [6.07, 6.45) is 1.71. The highest BCUT2D eigenvalue weighted by atomic mass is 35.5. The lowest BCUT2D eigenvalue weighted by Gasteiger charge is -2.07. The molecule has 0 bridgehead atoms. The van der Waals surface area contributed by atoms with Gasteiger partial charge in [0.25, 0.3) is 0 Å². The average molecular weight is 265 g/mol. The summed E-state index contributed by atoms with van der Waals surface area (Å²) in [7, 11) is 0. The van der Waals surface area contributed by atoms with E-state index in [2.05, 4.69) is 16.9 Å². The van der Waals surface area contributed by atoms with Crippen LogP contribution in [0.5, 0.6) is 0 Å².